The second-order valence-corrected chi connectivity index (χ2v) is 5.48. The minimum Gasteiger partial charge on any atom is -0.375 e. The molecule has 0 radical (unpaired) electrons. The molecule has 1 aliphatic rings. The molecule has 2 heteroatoms. The Labute approximate surface area is 94.8 Å². The third kappa shape index (κ3) is 4.52. The van der Waals surface area contributed by atoms with Gasteiger partial charge in [-0.15, -0.1) is 0 Å². The van der Waals surface area contributed by atoms with E-state index in [1.807, 2.05) is 0 Å². The van der Waals surface area contributed by atoms with Gasteiger partial charge in [-0.05, 0) is 45.1 Å². The zero-order valence-electron chi connectivity index (χ0n) is 10.8. The molecule has 0 aliphatic carbocycles. The Morgan fingerprint density at radius 2 is 2.20 bits per heavy atom. The van der Waals surface area contributed by atoms with Crippen LogP contribution in [0.4, 0.5) is 0 Å². The number of nitrogens with one attached hydrogen (secondary N) is 1. The minimum absolute atomic E-state index is 0.120. The molecule has 90 valence electrons. The maximum absolute atomic E-state index is 5.95. The fourth-order valence-electron chi connectivity index (χ4n) is 2.36. The molecule has 2 unspecified atom stereocenters. The smallest absolute Gasteiger partial charge is 0.0669 e. The van der Waals surface area contributed by atoms with Gasteiger partial charge in [-0.3, -0.25) is 0 Å². The van der Waals surface area contributed by atoms with E-state index < -0.39 is 0 Å². The first-order chi connectivity index (χ1) is 7.06. The Morgan fingerprint density at radius 3 is 2.80 bits per heavy atom. The highest BCUT2D eigenvalue weighted by Gasteiger charge is 2.32. The predicted molar refractivity (Wildman–Crippen MR) is 65.1 cm³/mol. The van der Waals surface area contributed by atoms with Crippen molar-refractivity contribution in [1.82, 2.24) is 5.32 Å². The van der Waals surface area contributed by atoms with E-state index in [1.54, 1.807) is 0 Å². The van der Waals surface area contributed by atoms with Crippen LogP contribution in [0.3, 0.4) is 0 Å². The van der Waals surface area contributed by atoms with Gasteiger partial charge in [0.15, 0.2) is 0 Å². The first kappa shape index (κ1) is 13.0. The van der Waals surface area contributed by atoms with Gasteiger partial charge in [0.1, 0.15) is 0 Å². The van der Waals surface area contributed by atoms with E-state index >= 15 is 0 Å². The molecule has 1 fully saturated rings. The zero-order valence-corrected chi connectivity index (χ0v) is 10.8. The first-order valence-corrected chi connectivity index (χ1v) is 6.43. The van der Waals surface area contributed by atoms with Gasteiger partial charge >= 0.3 is 0 Å². The Morgan fingerprint density at radius 1 is 1.47 bits per heavy atom. The highest BCUT2D eigenvalue weighted by Crippen LogP contribution is 2.30. The molecular weight excluding hydrogens is 186 g/mol. The highest BCUT2D eigenvalue weighted by atomic mass is 16.5. The summed E-state index contributed by atoms with van der Waals surface area (Å²) in [6.45, 7) is 11.0. The normalized spacial score (nSPS) is 32.2. The van der Waals surface area contributed by atoms with Gasteiger partial charge in [-0.1, -0.05) is 20.8 Å². The van der Waals surface area contributed by atoms with Crippen LogP contribution in [-0.4, -0.2) is 24.8 Å². The van der Waals surface area contributed by atoms with Crippen LogP contribution in [0.1, 0.15) is 53.4 Å². The predicted octanol–water partition coefficient (Wildman–Crippen LogP) is 2.97. The van der Waals surface area contributed by atoms with Crippen LogP contribution in [0.2, 0.25) is 0 Å². The molecule has 2 atom stereocenters. The largest absolute Gasteiger partial charge is 0.375 e. The fourth-order valence-corrected chi connectivity index (χ4v) is 2.36. The minimum atomic E-state index is 0.120. The standard InChI is InChI=1S/C13H27NO/c1-5-14-12-7-9-15-13(4,10-12)8-6-11(2)3/h11-12,14H,5-10H2,1-4H3. The van der Waals surface area contributed by atoms with Crippen LogP contribution in [0.15, 0.2) is 0 Å². The summed E-state index contributed by atoms with van der Waals surface area (Å²) in [4.78, 5) is 0. The van der Waals surface area contributed by atoms with Crippen molar-refractivity contribution in [2.75, 3.05) is 13.2 Å². The molecule has 0 spiro atoms. The lowest BCUT2D eigenvalue weighted by Gasteiger charge is -2.39. The van der Waals surface area contributed by atoms with Gasteiger partial charge in [0.2, 0.25) is 0 Å². The molecule has 1 aliphatic heterocycles. The Balaban J connectivity index is 2.38. The molecule has 0 bridgehead atoms. The molecule has 1 rings (SSSR count). The topological polar surface area (TPSA) is 21.3 Å². The zero-order chi connectivity index (χ0) is 11.3. The summed E-state index contributed by atoms with van der Waals surface area (Å²) in [6, 6.07) is 0.668. The maximum Gasteiger partial charge on any atom is 0.0669 e. The van der Waals surface area contributed by atoms with Gasteiger partial charge < -0.3 is 10.1 Å². The van der Waals surface area contributed by atoms with E-state index in [1.165, 1.54) is 25.7 Å². The van der Waals surface area contributed by atoms with Crippen molar-refractivity contribution in [2.45, 2.75) is 65.0 Å². The van der Waals surface area contributed by atoms with Crippen LogP contribution in [0.25, 0.3) is 0 Å². The van der Waals surface area contributed by atoms with Crippen molar-refractivity contribution in [3.63, 3.8) is 0 Å². The van der Waals surface area contributed by atoms with Crippen molar-refractivity contribution in [2.24, 2.45) is 5.92 Å². The molecule has 0 aromatic heterocycles. The Bertz CT molecular complexity index is 179. The average molecular weight is 213 g/mol. The molecule has 2 nitrogen and oxygen atoms in total. The number of hydrogen-bond donors (Lipinski definition) is 1. The van der Waals surface area contributed by atoms with Crippen LogP contribution in [-0.2, 0) is 4.74 Å². The van der Waals surface area contributed by atoms with Crippen molar-refractivity contribution < 1.29 is 4.74 Å². The molecule has 0 aromatic rings. The summed E-state index contributed by atoms with van der Waals surface area (Å²) in [5, 5.41) is 3.55. The fraction of sp³-hybridized carbons (Fsp3) is 1.00. The second-order valence-electron chi connectivity index (χ2n) is 5.48. The third-order valence-electron chi connectivity index (χ3n) is 3.34. The number of rotatable bonds is 5. The number of ether oxygens (including phenoxy) is 1. The van der Waals surface area contributed by atoms with Crippen LogP contribution in [0.5, 0.6) is 0 Å². The average Bonchev–Trinajstić information content (AvgIpc) is 2.16. The molecule has 1 N–H and O–H groups in total. The summed E-state index contributed by atoms with van der Waals surface area (Å²) in [6.07, 6.45) is 4.82. The lowest BCUT2D eigenvalue weighted by atomic mass is 9.86. The van der Waals surface area contributed by atoms with E-state index in [2.05, 4.69) is 33.0 Å². The van der Waals surface area contributed by atoms with Crippen LogP contribution in [0, 0.1) is 5.92 Å². The summed E-state index contributed by atoms with van der Waals surface area (Å²) in [7, 11) is 0. The SMILES string of the molecule is CCNC1CCOC(C)(CCC(C)C)C1. The molecule has 1 saturated heterocycles. The van der Waals surface area contributed by atoms with Crippen LogP contribution >= 0.6 is 0 Å². The maximum atomic E-state index is 5.95. The molecule has 15 heavy (non-hydrogen) atoms. The Hall–Kier alpha value is -0.0800. The summed E-state index contributed by atoms with van der Waals surface area (Å²) in [5.41, 5.74) is 0.120. The van der Waals surface area contributed by atoms with E-state index in [-0.39, 0.29) is 5.60 Å². The second kappa shape index (κ2) is 5.86. The van der Waals surface area contributed by atoms with E-state index in [0.717, 1.165) is 19.1 Å². The van der Waals surface area contributed by atoms with Gasteiger partial charge in [-0.25, -0.2) is 0 Å². The summed E-state index contributed by atoms with van der Waals surface area (Å²) in [5.74, 6) is 0.782. The van der Waals surface area contributed by atoms with E-state index in [9.17, 15) is 0 Å². The van der Waals surface area contributed by atoms with Gasteiger partial charge in [0, 0.05) is 12.6 Å². The van der Waals surface area contributed by atoms with E-state index in [4.69, 9.17) is 4.74 Å². The van der Waals surface area contributed by atoms with Crippen molar-refractivity contribution in [1.29, 1.82) is 0 Å². The molecule has 0 aromatic carbocycles. The summed E-state index contributed by atoms with van der Waals surface area (Å²) >= 11 is 0. The quantitative estimate of drug-likeness (QED) is 0.758. The third-order valence-corrected chi connectivity index (χ3v) is 3.34. The van der Waals surface area contributed by atoms with E-state index in [0.29, 0.717) is 6.04 Å². The monoisotopic (exact) mass is 213 g/mol. The lowest BCUT2D eigenvalue weighted by molar-refractivity contribution is -0.0830. The van der Waals surface area contributed by atoms with Crippen molar-refractivity contribution in [3.05, 3.63) is 0 Å². The Kier molecular flexibility index (Phi) is 5.07. The van der Waals surface area contributed by atoms with Gasteiger partial charge in [-0.2, -0.15) is 0 Å². The molecule has 1 heterocycles. The summed E-state index contributed by atoms with van der Waals surface area (Å²) < 4.78 is 5.95. The van der Waals surface area contributed by atoms with Crippen LogP contribution < -0.4 is 5.32 Å². The van der Waals surface area contributed by atoms with Crippen molar-refractivity contribution >= 4 is 0 Å². The van der Waals surface area contributed by atoms with Gasteiger partial charge in [0.25, 0.3) is 0 Å². The van der Waals surface area contributed by atoms with Gasteiger partial charge in [0.05, 0.1) is 5.60 Å². The highest BCUT2D eigenvalue weighted by molar-refractivity contribution is 4.86. The lowest BCUT2D eigenvalue weighted by Crippen LogP contribution is -2.45. The molecular formula is C13H27NO. The first-order valence-electron chi connectivity index (χ1n) is 6.43. The number of hydrogen-bond acceptors (Lipinski definition) is 2. The molecule has 0 saturated carbocycles. The van der Waals surface area contributed by atoms with Crippen molar-refractivity contribution in [3.8, 4) is 0 Å². The molecule has 0 amide bonds.